The van der Waals surface area contributed by atoms with Crippen LogP contribution in [0.25, 0.3) is 0 Å². The molecule has 0 N–H and O–H groups in total. The number of carboxylic acids is 1. The van der Waals surface area contributed by atoms with Gasteiger partial charge in [-0.25, -0.2) is 13.2 Å². The predicted molar refractivity (Wildman–Crippen MR) is 101 cm³/mol. The van der Waals surface area contributed by atoms with Crippen molar-refractivity contribution in [1.29, 1.82) is 0 Å². The van der Waals surface area contributed by atoms with Crippen molar-refractivity contribution >= 4 is 22.1 Å². The minimum atomic E-state index is -4.82. The van der Waals surface area contributed by atoms with Crippen LogP contribution in [0.1, 0.15) is 91.8 Å². The number of rotatable bonds is 14. The summed E-state index contributed by atoms with van der Waals surface area (Å²) in [5.41, 5.74) is -1.01. The molecule has 0 aliphatic rings. The zero-order valence-electron chi connectivity index (χ0n) is 18.3. The molecular weight excluding hydrogens is 430 g/mol. The SMILES string of the molecule is CCCCCCCCCCCCOC(=O)c1cc(S(=O)(=O)[O-])ccc1C(=O)[O-].[Na+].[Na+]. The molecule has 0 saturated heterocycles. The van der Waals surface area contributed by atoms with E-state index in [1.165, 1.54) is 38.5 Å². The summed E-state index contributed by atoms with van der Waals surface area (Å²) in [6.07, 6.45) is 11.2. The standard InChI is InChI=1S/C20H30O7S.2Na/c1-2-3-4-5-6-7-8-9-10-11-14-27-20(23)18-15-16(28(24,25)26)12-13-17(18)19(21)22;;/h12-13,15H,2-11,14H2,1H3,(H,21,22)(H,24,25,26);;/q;2*+1/p-2. The number of ether oxygens (including phenoxy) is 1. The van der Waals surface area contributed by atoms with Crippen LogP contribution < -0.4 is 64.2 Å². The molecule has 0 fully saturated rings. The Morgan fingerprint density at radius 3 is 1.83 bits per heavy atom. The summed E-state index contributed by atoms with van der Waals surface area (Å²) in [4.78, 5) is 22.5. The van der Waals surface area contributed by atoms with Crippen LogP contribution in [0, 0.1) is 0 Å². The molecule has 10 heteroatoms. The Bertz CT molecular complexity index is 752. The molecule has 0 aromatic heterocycles. The average Bonchev–Trinajstić information content (AvgIpc) is 2.64. The number of benzene rings is 1. The van der Waals surface area contributed by atoms with E-state index in [1.54, 1.807) is 0 Å². The summed E-state index contributed by atoms with van der Waals surface area (Å²) in [5, 5.41) is 11.1. The van der Waals surface area contributed by atoms with Gasteiger partial charge >= 0.3 is 65.1 Å². The van der Waals surface area contributed by atoms with Crippen molar-refractivity contribution in [1.82, 2.24) is 0 Å². The number of unbranched alkanes of at least 4 members (excludes halogenated alkanes) is 9. The van der Waals surface area contributed by atoms with Gasteiger partial charge in [0, 0.05) is 5.56 Å². The van der Waals surface area contributed by atoms with E-state index in [-0.39, 0.29) is 65.7 Å². The molecular formula is C20H28Na2O7S. The normalized spacial score (nSPS) is 10.6. The fraction of sp³-hybridized carbons (Fsp3) is 0.600. The van der Waals surface area contributed by atoms with Crippen molar-refractivity contribution in [2.75, 3.05) is 6.61 Å². The number of carbonyl (C=O) groups excluding carboxylic acids is 2. The Balaban J connectivity index is 0. The maximum absolute atomic E-state index is 12.1. The van der Waals surface area contributed by atoms with Crippen molar-refractivity contribution < 1.29 is 91.5 Å². The molecule has 0 atom stereocenters. The Kier molecular flexibility index (Phi) is 18.9. The molecule has 1 aromatic carbocycles. The first-order chi connectivity index (χ1) is 13.3. The molecule has 0 spiro atoms. The molecule has 0 radical (unpaired) electrons. The van der Waals surface area contributed by atoms with Gasteiger partial charge in [-0.3, -0.25) is 0 Å². The predicted octanol–water partition coefficient (Wildman–Crippen LogP) is -2.96. The summed E-state index contributed by atoms with van der Waals surface area (Å²) in [5.74, 6) is -2.64. The summed E-state index contributed by atoms with van der Waals surface area (Å²) in [7, 11) is -4.82. The van der Waals surface area contributed by atoms with E-state index in [0.29, 0.717) is 12.5 Å². The topological polar surface area (TPSA) is 124 Å². The van der Waals surface area contributed by atoms with Gasteiger partial charge in [-0.15, -0.1) is 0 Å². The molecule has 0 aliphatic heterocycles. The molecule has 1 aromatic rings. The van der Waals surface area contributed by atoms with Gasteiger partial charge in [0.05, 0.1) is 23.0 Å². The molecule has 0 unspecified atom stereocenters. The molecule has 0 bridgehead atoms. The molecule has 0 aliphatic carbocycles. The Morgan fingerprint density at radius 2 is 1.37 bits per heavy atom. The van der Waals surface area contributed by atoms with Gasteiger partial charge in [0.2, 0.25) is 0 Å². The van der Waals surface area contributed by atoms with Crippen LogP contribution in [-0.4, -0.2) is 31.5 Å². The first-order valence-corrected chi connectivity index (χ1v) is 11.2. The minimum Gasteiger partial charge on any atom is -0.744 e. The molecule has 1 rings (SSSR count). The first kappa shape index (κ1) is 32.3. The number of hydrogen-bond donors (Lipinski definition) is 0. The van der Waals surface area contributed by atoms with Crippen LogP contribution in [0.5, 0.6) is 0 Å². The van der Waals surface area contributed by atoms with Gasteiger partial charge in [-0.1, -0.05) is 70.8 Å². The van der Waals surface area contributed by atoms with Gasteiger partial charge in [-0.05, 0) is 18.6 Å². The zero-order valence-corrected chi connectivity index (χ0v) is 23.1. The van der Waals surface area contributed by atoms with Crippen molar-refractivity contribution in [2.24, 2.45) is 0 Å². The quantitative estimate of drug-likeness (QED) is 0.126. The van der Waals surface area contributed by atoms with E-state index in [2.05, 4.69) is 6.92 Å². The van der Waals surface area contributed by atoms with Crippen molar-refractivity contribution in [3.63, 3.8) is 0 Å². The van der Waals surface area contributed by atoms with E-state index in [1.807, 2.05) is 0 Å². The van der Waals surface area contributed by atoms with Gasteiger partial charge in [-0.2, -0.15) is 0 Å². The number of aromatic carboxylic acids is 1. The summed E-state index contributed by atoms with van der Waals surface area (Å²) in [6, 6.07) is 2.40. The van der Waals surface area contributed by atoms with E-state index in [0.717, 1.165) is 31.4 Å². The summed E-state index contributed by atoms with van der Waals surface area (Å²) >= 11 is 0. The van der Waals surface area contributed by atoms with E-state index < -0.39 is 38.1 Å². The summed E-state index contributed by atoms with van der Waals surface area (Å²) in [6.45, 7) is 2.28. The number of hydrogen-bond acceptors (Lipinski definition) is 7. The first-order valence-electron chi connectivity index (χ1n) is 9.75. The summed E-state index contributed by atoms with van der Waals surface area (Å²) < 4.78 is 38.3. The van der Waals surface area contributed by atoms with Crippen LogP contribution in [0.15, 0.2) is 23.1 Å². The molecule has 0 heterocycles. The third-order valence-corrected chi connectivity index (χ3v) is 5.28. The van der Waals surface area contributed by atoms with Crippen molar-refractivity contribution in [2.45, 2.75) is 76.0 Å². The monoisotopic (exact) mass is 458 g/mol. The number of esters is 1. The second kappa shape index (κ2) is 17.6. The fourth-order valence-corrected chi connectivity index (χ4v) is 3.35. The van der Waals surface area contributed by atoms with Crippen LogP contribution in [0.2, 0.25) is 0 Å². The largest absolute Gasteiger partial charge is 1.00 e. The minimum absolute atomic E-state index is 0. The maximum atomic E-state index is 12.1. The second-order valence-electron chi connectivity index (χ2n) is 6.77. The Labute approximate surface area is 223 Å². The Hall–Kier alpha value is 0.0700. The number of carboxylic acid groups (broad SMARTS) is 1. The molecule has 0 saturated carbocycles. The van der Waals surface area contributed by atoms with Crippen molar-refractivity contribution in [3.8, 4) is 0 Å². The molecule has 158 valence electrons. The van der Waals surface area contributed by atoms with Gasteiger partial charge < -0.3 is 19.2 Å². The van der Waals surface area contributed by atoms with Gasteiger partial charge in [0.1, 0.15) is 10.1 Å². The van der Waals surface area contributed by atoms with Crippen LogP contribution >= 0.6 is 0 Å². The molecule has 30 heavy (non-hydrogen) atoms. The van der Waals surface area contributed by atoms with Crippen LogP contribution in [-0.2, 0) is 14.9 Å². The Morgan fingerprint density at radius 1 is 0.867 bits per heavy atom. The van der Waals surface area contributed by atoms with E-state index >= 15 is 0 Å². The zero-order chi connectivity index (χ0) is 21.0. The van der Waals surface area contributed by atoms with Gasteiger partial charge in [0.15, 0.2) is 0 Å². The molecule has 7 nitrogen and oxygen atoms in total. The average molecular weight is 458 g/mol. The van der Waals surface area contributed by atoms with E-state index in [9.17, 15) is 27.7 Å². The third kappa shape index (κ3) is 12.8. The van der Waals surface area contributed by atoms with Crippen molar-refractivity contribution in [3.05, 3.63) is 29.3 Å². The number of carbonyl (C=O) groups is 2. The smallest absolute Gasteiger partial charge is 0.744 e. The fourth-order valence-electron chi connectivity index (χ4n) is 2.86. The molecule has 0 amide bonds. The van der Waals surface area contributed by atoms with Gasteiger partial charge in [0.25, 0.3) is 0 Å². The van der Waals surface area contributed by atoms with Crippen LogP contribution in [0.3, 0.4) is 0 Å². The second-order valence-corrected chi connectivity index (χ2v) is 8.15. The van der Waals surface area contributed by atoms with Crippen LogP contribution in [0.4, 0.5) is 0 Å². The van der Waals surface area contributed by atoms with E-state index in [4.69, 9.17) is 4.74 Å². The maximum Gasteiger partial charge on any atom is 1.00 e. The third-order valence-electron chi connectivity index (χ3n) is 4.45.